The van der Waals surface area contributed by atoms with Gasteiger partial charge in [-0.2, -0.15) is 0 Å². The molecule has 1 N–H and O–H groups in total. The molecule has 16 heavy (non-hydrogen) atoms. The number of hydrogen-bond donors (Lipinski definition) is 1. The average Bonchev–Trinajstić information content (AvgIpc) is 2.64. The van der Waals surface area contributed by atoms with Gasteiger partial charge in [-0.15, -0.1) is 0 Å². The molecule has 0 saturated carbocycles. The van der Waals surface area contributed by atoms with Gasteiger partial charge in [0.1, 0.15) is 5.78 Å². The van der Waals surface area contributed by atoms with Crippen molar-refractivity contribution in [1.82, 2.24) is 9.55 Å². The van der Waals surface area contributed by atoms with Crippen molar-refractivity contribution in [3.63, 3.8) is 0 Å². The van der Waals surface area contributed by atoms with Crippen LogP contribution in [0.1, 0.15) is 32.9 Å². The zero-order valence-corrected chi connectivity index (χ0v) is 10.2. The van der Waals surface area contributed by atoms with E-state index in [9.17, 15) is 4.79 Å². The third-order valence-corrected chi connectivity index (χ3v) is 2.58. The summed E-state index contributed by atoms with van der Waals surface area (Å²) in [4.78, 5) is 15.9. The predicted octanol–water partition coefficient (Wildman–Crippen LogP) is 1.42. The van der Waals surface area contributed by atoms with Crippen LogP contribution in [0.15, 0.2) is 12.5 Å². The molecule has 0 fully saturated rings. The highest BCUT2D eigenvalue weighted by Gasteiger charge is 2.15. The lowest BCUT2D eigenvalue weighted by Gasteiger charge is -2.12. The van der Waals surface area contributed by atoms with Crippen LogP contribution in [0, 0.1) is 5.92 Å². The van der Waals surface area contributed by atoms with Gasteiger partial charge in [-0.25, -0.2) is 4.98 Å². The highest BCUT2D eigenvalue weighted by Crippen LogP contribution is 2.08. The van der Waals surface area contributed by atoms with Crippen molar-refractivity contribution in [2.45, 2.75) is 46.3 Å². The van der Waals surface area contributed by atoms with Crippen molar-refractivity contribution in [1.29, 1.82) is 0 Å². The Kier molecular flexibility index (Phi) is 4.68. The highest BCUT2D eigenvalue weighted by atomic mass is 16.3. The van der Waals surface area contributed by atoms with Gasteiger partial charge in [0.2, 0.25) is 0 Å². The number of ketones is 1. The van der Waals surface area contributed by atoms with E-state index in [4.69, 9.17) is 5.11 Å². The largest absolute Gasteiger partial charge is 0.393 e. The number of Topliss-reactive ketones (excluding diaryl/α,β-unsaturated/α-hetero) is 1. The first-order chi connectivity index (χ1) is 7.52. The SMILES string of the molecule is CCc1cn(CC(C)C(=O)CC(C)O)cn1. The van der Waals surface area contributed by atoms with Crippen LogP contribution in [0.2, 0.25) is 0 Å². The number of rotatable bonds is 6. The molecule has 2 unspecified atom stereocenters. The van der Waals surface area contributed by atoms with Gasteiger partial charge in [-0.1, -0.05) is 13.8 Å². The molecule has 0 aliphatic carbocycles. The first-order valence-electron chi connectivity index (χ1n) is 5.74. The Hall–Kier alpha value is -1.16. The fourth-order valence-corrected chi connectivity index (χ4v) is 1.60. The van der Waals surface area contributed by atoms with Crippen molar-refractivity contribution >= 4 is 5.78 Å². The van der Waals surface area contributed by atoms with E-state index in [1.807, 2.05) is 17.7 Å². The Labute approximate surface area is 96.3 Å². The molecule has 0 aliphatic heterocycles. The first-order valence-corrected chi connectivity index (χ1v) is 5.74. The maximum absolute atomic E-state index is 11.6. The molecule has 1 heterocycles. The van der Waals surface area contributed by atoms with Crippen LogP contribution < -0.4 is 0 Å². The zero-order valence-electron chi connectivity index (χ0n) is 10.2. The molecule has 0 radical (unpaired) electrons. The van der Waals surface area contributed by atoms with Gasteiger partial charge in [0.25, 0.3) is 0 Å². The van der Waals surface area contributed by atoms with Gasteiger partial charge in [-0.3, -0.25) is 4.79 Å². The number of carbonyl (C=O) groups excluding carboxylic acids is 1. The maximum atomic E-state index is 11.6. The van der Waals surface area contributed by atoms with E-state index in [2.05, 4.69) is 11.9 Å². The smallest absolute Gasteiger partial charge is 0.140 e. The van der Waals surface area contributed by atoms with E-state index in [1.165, 1.54) is 0 Å². The second kappa shape index (κ2) is 5.80. The molecule has 0 saturated heterocycles. The molecule has 90 valence electrons. The van der Waals surface area contributed by atoms with Crippen molar-refractivity contribution < 1.29 is 9.90 Å². The molecule has 1 aromatic rings. The van der Waals surface area contributed by atoms with Crippen molar-refractivity contribution in [3.05, 3.63) is 18.2 Å². The zero-order chi connectivity index (χ0) is 12.1. The second-order valence-corrected chi connectivity index (χ2v) is 4.34. The summed E-state index contributed by atoms with van der Waals surface area (Å²) in [6.45, 7) is 6.21. The van der Waals surface area contributed by atoms with Crippen LogP contribution in [0.25, 0.3) is 0 Å². The number of imidazole rings is 1. The molecule has 4 heteroatoms. The summed E-state index contributed by atoms with van der Waals surface area (Å²) in [5.41, 5.74) is 1.04. The van der Waals surface area contributed by atoms with E-state index in [1.54, 1.807) is 13.3 Å². The molecule has 2 atom stereocenters. The fourth-order valence-electron chi connectivity index (χ4n) is 1.60. The van der Waals surface area contributed by atoms with Gasteiger partial charge < -0.3 is 9.67 Å². The minimum atomic E-state index is -0.552. The van der Waals surface area contributed by atoms with E-state index >= 15 is 0 Å². The molecule has 0 aromatic carbocycles. The van der Waals surface area contributed by atoms with Gasteiger partial charge in [-0.05, 0) is 13.3 Å². The fraction of sp³-hybridized carbons (Fsp3) is 0.667. The molecule has 1 rings (SSSR count). The van der Waals surface area contributed by atoms with Gasteiger partial charge in [0.15, 0.2) is 0 Å². The lowest BCUT2D eigenvalue weighted by Crippen LogP contribution is -2.20. The summed E-state index contributed by atoms with van der Waals surface area (Å²) < 4.78 is 1.93. The predicted molar refractivity (Wildman–Crippen MR) is 62.1 cm³/mol. The monoisotopic (exact) mass is 224 g/mol. The van der Waals surface area contributed by atoms with E-state index in [0.29, 0.717) is 6.54 Å². The lowest BCUT2D eigenvalue weighted by atomic mass is 10.0. The molecule has 1 aromatic heterocycles. The van der Waals surface area contributed by atoms with Crippen LogP contribution in [-0.2, 0) is 17.8 Å². The number of aliphatic hydroxyl groups excluding tert-OH is 1. The summed E-state index contributed by atoms with van der Waals surface area (Å²) in [5.74, 6) is 0.0234. The van der Waals surface area contributed by atoms with Gasteiger partial charge in [0, 0.05) is 25.1 Å². The lowest BCUT2D eigenvalue weighted by molar-refractivity contribution is -0.124. The standard InChI is InChI=1S/C12H20N2O2/c1-4-11-7-14(8-13-11)6-9(2)12(16)5-10(3)15/h7-10,15H,4-6H2,1-3H3. The number of aryl methyl sites for hydroxylation is 1. The molecule has 0 aliphatic rings. The van der Waals surface area contributed by atoms with Crippen molar-refractivity contribution in [2.75, 3.05) is 0 Å². The third-order valence-electron chi connectivity index (χ3n) is 2.58. The molecule has 0 spiro atoms. The quantitative estimate of drug-likeness (QED) is 0.795. The summed E-state index contributed by atoms with van der Waals surface area (Å²) in [5, 5.41) is 9.14. The van der Waals surface area contributed by atoms with Crippen LogP contribution in [0.3, 0.4) is 0 Å². The Balaban J connectivity index is 2.50. The number of carbonyl (C=O) groups is 1. The van der Waals surface area contributed by atoms with Crippen molar-refractivity contribution in [3.8, 4) is 0 Å². The van der Waals surface area contributed by atoms with E-state index in [0.717, 1.165) is 12.1 Å². The normalized spacial score (nSPS) is 14.8. The number of aromatic nitrogens is 2. The summed E-state index contributed by atoms with van der Waals surface area (Å²) in [6, 6.07) is 0. The first kappa shape index (κ1) is 12.9. The van der Waals surface area contributed by atoms with Crippen LogP contribution in [0.5, 0.6) is 0 Å². The van der Waals surface area contributed by atoms with E-state index < -0.39 is 6.10 Å². The second-order valence-electron chi connectivity index (χ2n) is 4.34. The summed E-state index contributed by atoms with van der Waals surface area (Å²) >= 11 is 0. The number of hydrogen-bond acceptors (Lipinski definition) is 3. The Bertz CT molecular complexity index is 345. The number of aliphatic hydroxyl groups is 1. The Morgan fingerprint density at radius 1 is 1.56 bits per heavy atom. The van der Waals surface area contributed by atoms with Crippen LogP contribution in [0.4, 0.5) is 0 Å². The molecular formula is C12H20N2O2. The van der Waals surface area contributed by atoms with Gasteiger partial charge >= 0.3 is 0 Å². The van der Waals surface area contributed by atoms with Crippen LogP contribution >= 0.6 is 0 Å². The Morgan fingerprint density at radius 3 is 2.75 bits per heavy atom. The number of nitrogens with zero attached hydrogens (tertiary/aromatic N) is 2. The summed E-state index contributed by atoms with van der Waals surface area (Å²) in [6.07, 6.45) is 4.31. The Morgan fingerprint density at radius 2 is 2.25 bits per heavy atom. The van der Waals surface area contributed by atoms with Crippen LogP contribution in [-0.4, -0.2) is 26.5 Å². The highest BCUT2D eigenvalue weighted by molar-refractivity contribution is 5.80. The molecule has 4 nitrogen and oxygen atoms in total. The topological polar surface area (TPSA) is 55.1 Å². The summed E-state index contributed by atoms with van der Waals surface area (Å²) in [7, 11) is 0. The van der Waals surface area contributed by atoms with Gasteiger partial charge in [0.05, 0.1) is 18.1 Å². The average molecular weight is 224 g/mol. The van der Waals surface area contributed by atoms with E-state index in [-0.39, 0.29) is 18.1 Å². The minimum absolute atomic E-state index is 0.0755. The van der Waals surface area contributed by atoms with Crippen molar-refractivity contribution in [2.24, 2.45) is 5.92 Å². The molecule has 0 amide bonds. The third kappa shape index (κ3) is 3.77. The minimum Gasteiger partial charge on any atom is -0.393 e. The maximum Gasteiger partial charge on any atom is 0.140 e. The molecular weight excluding hydrogens is 204 g/mol. The molecule has 0 bridgehead atoms.